The molecule has 0 aliphatic carbocycles. The normalized spacial score (nSPS) is 10.0. The van der Waals surface area contributed by atoms with Gasteiger partial charge in [-0.3, -0.25) is 0 Å². The van der Waals surface area contributed by atoms with E-state index in [-0.39, 0.29) is 12.3 Å². The molecule has 0 aromatic rings. The molecule has 0 heterocycles. The molecule has 7 heteroatoms. The Labute approximate surface area is 76.5 Å². The van der Waals surface area contributed by atoms with Gasteiger partial charge in [0.2, 0.25) is 12.2 Å². The molecule has 0 saturated heterocycles. The maximum Gasteiger partial charge on any atom is 0.383 e. The Morgan fingerprint density at radius 1 is 1.08 bits per heavy atom. The molecule has 0 atom stereocenters. The first-order valence-corrected chi connectivity index (χ1v) is 5.65. The lowest BCUT2D eigenvalue weighted by Crippen LogP contribution is -2.47. The third kappa shape index (κ3) is 3.89. The van der Waals surface area contributed by atoms with Gasteiger partial charge in [-0.05, 0) is 0 Å². The third-order valence-corrected chi connectivity index (χ3v) is 4.28. The molecule has 0 bridgehead atoms. The van der Waals surface area contributed by atoms with Crippen molar-refractivity contribution in [1.29, 1.82) is 0 Å². The number of rotatable bonds is 6. The van der Waals surface area contributed by atoms with Crippen molar-refractivity contribution in [2.45, 2.75) is 0 Å². The van der Waals surface area contributed by atoms with Gasteiger partial charge in [0.15, 0.2) is 0 Å². The average Bonchev–Trinajstić information content (AvgIpc) is 2.20. The van der Waals surface area contributed by atoms with Crippen LogP contribution in [0.2, 0.25) is 0 Å². The fourth-order valence-corrected chi connectivity index (χ4v) is 2.09. The number of hydrogen-bond donors (Lipinski definition) is 0. The summed E-state index contributed by atoms with van der Waals surface area (Å²) in [4.78, 5) is 26.4. The van der Waals surface area contributed by atoms with Crippen molar-refractivity contribution in [3.05, 3.63) is 0 Å². The molecule has 0 saturated carbocycles. The van der Waals surface area contributed by atoms with E-state index in [0.29, 0.717) is 0 Å². The molecular formula is C6H10N2O4Si. The maximum absolute atomic E-state index is 9.87. The maximum atomic E-state index is 9.87. The van der Waals surface area contributed by atoms with Crippen LogP contribution in [-0.2, 0) is 18.4 Å². The summed E-state index contributed by atoms with van der Waals surface area (Å²) in [5, 5.41) is 0. The van der Waals surface area contributed by atoms with Crippen molar-refractivity contribution in [2.24, 2.45) is 9.98 Å². The van der Waals surface area contributed by atoms with E-state index < -0.39 is 8.56 Å². The highest BCUT2D eigenvalue weighted by Gasteiger charge is 2.35. The van der Waals surface area contributed by atoms with E-state index in [2.05, 4.69) is 9.98 Å². The molecule has 0 aromatic heterocycles. The highest BCUT2D eigenvalue weighted by Crippen LogP contribution is 2.05. The van der Waals surface area contributed by atoms with E-state index in [0.717, 1.165) is 0 Å². The van der Waals surface area contributed by atoms with Crippen molar-refractivity contribution in [1.82, 2.24) is 0 Å². The molecule has 0 spiro atoms. The summed E-state index contributed by atoms with van der Waals surface area (Å²) in [5.74, 6) is 0. The lowest BCUT2D eigenvalue weighted by atomic mass is 11.3. The van der Waals surface area contributed by atoms with E-state index in [4.69, 9.17) is 8.85 Å². The fourth-order valence-electron chi connectivity index (χ4n) is 0.697. The molecule has 0 aliphatic rings. The molecule has 0 rings (SSSR count). The van der Waals surface area contributed by atoms with Crippen LogP contribution in [-0.4, -0.2) is 47.3 Å². The van der Waals surface area contributed by atoms with E-state index in [1.165, 1.54) is 26.4 Å². The van der Waals surface area contributed by atoms with Crippen molar-refractivity contribution in [2.75, 3.05) is 26.6 Å². The third-order valence-electron chi connectivity index (χ3n) is 1.51. The Bertz CT molecular complexity index is 219. The predicted octanol–water partition coefficient (Wildman–Crippen LogP) is -0.529. The monoisotopic (exact) mass is 202 g/mol. The summed E-state index contributed by atoms with van der Waals surface area (Å²) in [6.07, 6.45) is 2.91. The zero-order valence-corrected chi connectivity index (χ0v) is 8.44. The van der Waals surface area contributed by atoms with Gasteiger partial charge in [-0.2, -0.15) is 0 Å². The van der Waals surface area contributed by atoms with Gasteiger partial charge in [0, 0.05) is 14.2 Å². The van der Waals surface area contributed by atoms with Crippen LogP contribution >= 0.6 is 0 Å². The number of aliphatic imine (C=N–C) groups is 2. The second-order valence-corrected chi connectivity index (χ2v) is 5.40. The number of nitrogens with zero attached hydrogens (tertiary/aromatic N) is 2. The van der Waals surface area contributed by atoms with Crippen LogP contribution in [0.1, 0.15) is 0 Å². The molecule has 0 amide bonds. The van der Waals surface area contributed by atoms with Crippen molar-refractivity contribution >= 4 is 20.7 Å². The van der Waals surface area contributed by atoms with Crippen molar-refractivity contribution in [3.8, 4) is 0 Å². The highest BCUT2D eigenvalue weighted by atomic mass is 28.4. The molecule has 0 aliphatic heterocycles. The molecule has 0 fully saturated rings. The SMILES string of the molecule is CO[Si](CN=C=O)(CN=C=O)OC. The Balaban J connectivity index is 4.46. The Morgan fingerprint density at radius 3 is 1.69 bits per heavy atom. The topological polar surface area (TPSA) is 77.3 Å². The zero-order chi connectivity index (χ0) is 10.2. The van der Waals surface area contributed by atoms with Gasteiger partial charge >= 0.3 is 8.56 Å². The second kappa shape index (κ2) is 6.42. The van der Waals surface area contributed by atoms with Crippen LogP contribution in [0.3, 0.4) is 0 Å². The molecule has 0 unspecified atom stereocenters. The van der Waals surface area contributed by atoms with E-state index in [1.54, 1.807) is 0 Å². The Morgan fingerprint density at radius 2 is 1.46 bits per heavy atom. The molecule has 6 nitrogen and oxygen atoms in total. The largest absolute Gasteiger partial charge is 0.395 e. The molecule has 0 N–H and O–H groups in total. The Kier molecular flexibility index (Phi) is 5.87. The van der Waals surface area contributed by atoms with Crippen molar-refractivity contribution < 1.29 is 18.4 Å². The van der Waals surface area contributed by atoms with Gasteiger partial charge in [-0.25, -0.2) is 19.6 Å². The summed E-state index contributed by atoms with van der Waals surface area (Å²) < 4.78 is 10.1. The first-order valence-electron chi connectivity index (χ1n) is 3.42. The predicted molar refractivity (Wildman–Crippen MR) is 45.7 cm³/mol. The van der Waals surface area contributed by atoms with Crippen molar-refractivity contribution in [3.63, 3.8) is 0 Å². The minimum Gasteiger partial charge on any atom is -0.395 e. The van der Waals surface area contributed by atoms with E-state index >= 15 is 0 Å². The number of carbonyl (C=O) groups excluding carboxylic acids is 2. The molecule has 0 aromatic carbocycles. The summed E-state index contributed by atoms with van der Waals surface area (Å²) in [7, 11) is 0.210. The minimum atomic E-state index is -2.64. The summed E-state index contributed by atoms with van der Waals surface area (Å²) in [6.45, 7) is 0. The van der Waals surface area contributed by atoms with Gasteiger partial charge in [0.05, 0.1) is 12.3 Å². The fraction of sp³-hybridized carbons (Fsp3) is 0.667. The summed E-state index contributed by atoms with van der Waals surface area (Å²) in [6, 6.07) is 0. The van der Waals surface area contributed by atoms with Gasteiger partial charge in [-0.15, -0.1) is 0 Å². The van der Waals surface area contributed by atoms with Gasteiger partial charge < -0.3 is 8.85 Å². The van der Waals surface area contributed by atoms with Crippen LogP contribution in [0, 0.1) is 0 Å². The summed E-state index contributed by atoms with van der Waals surface area (Å²) in [5.41, 5.74) is 0. The lowest BCUT2D eigenvalue weighted by molar-refractivity contribution is 0.245. The second-order valence-electron chi connectivity index (χ2n) is 2.13. The lowest BCUT2D eigenvalue weighted by Gasteiger charge is -2.21. The number of isocyanates is 2. The van der Waals surface area contributed by atoms with E-state index in [9.17, 15) is 9.59 Å². The average molecular weight is 202 g/mol. The van der Waals surface area contributed by atoms with Crippen LogP contribution < -0.4 is 0 Å². The van der Waals surface area contributed by atoms with Crippen LogP contribution in [0.4, 0.5) is 0 Å². The van der Waals surface area contributed by atoms with Gasteiger partial charge in [0.25, 0.3) is 0 Å². The van der Waals surface area contributed by atoms with E-state index in [1.807, 2.05) is 0 Å². The zero-order valence-electron chi connectivity index (χ0n) is 7.44. The quantitative estimate of drug-likeness (QED) is 0.329. The standard InChI is InChI=1S/C6H10N2O4Si/c1-11-13(12-2,5-7-3-9)6-8-4-10/h5-6H2,1-2H3. The van der Waals surface area contributed by atoms with Crippen LogP contribution in [0.5, 0.6) is 0 Å². The van der Waals surface area contributed by atoms with Crippen LogP contribution in [0.25, 0.3) is 0 Å². The molecule has 13 heavy (non-hydrogen) atoms. The first-order chi connectivity index (χ1) is 6.24. The Hall–Kier alpha value is -1.10. The first kappa shape index (κ1) is 11.9. The smallest absolute Gasteiger partial charge is 0.383 e. The number of hydrogen-bond acceptors (Lipinski definition) is 6. The molecule has 0 radical (unpaired) electrons. The van der Waals surface area contributed by atoms with Crippen LogP contribution in [0.15, 0.2) is 9.98 Å². The molecular weight excluding hydrogens is 192 g/mol. The minimum absolute atomic E-state index is 0.0781. The van der Waals surface area contributed by atoms with Gasteiger partial charge in [-0.1, -0.05) is 0 Å². The van der Waals surface area contributed by atoms with Gasteiger partial charge in [0.1, 0.15) is 0 Å². The highest BCUT2D eigenvalue weighted by molar-refractivity contribution is 6.68. The molecule has 72 valence electrons. The summed E-state index contributed by atoms with van der Waals surface area (Å²) >= 11 is 0.